The van der Waals surface area contributed by atoms with E-state index in [1.807, 2.05) is 19.9 Å². The van der Waals surface area contributed by atoms with Gasteiger partial charge in [0.25, 0.3) is 5.91 Å². The molecular weight excluding hydrogens is 423 g/mol. The fraction of sp³-hybridized carbons (Fsp3) is 0.381. The summed E-state index contributed by atoms with van der Waals surface area (Å²) in [6.07, 6.45) is 1.41. The highest BCUT2D eigenvalue weighted by Gasteiger charge is 2.52. The summed E-state index contributed by atoms with van der Waals surface area (Å²) in [5, 5.41) is 4.89. The van der Waals surface area contributed by atoms with Crippen LogP contribution in [0.2, 0.25) is 5.02 Å². The molecule has 2 aliphatic heterocycles. The molecule has 4 rings (SSSR count). The first-order valence-electron chi connectivity index (χ1n) is 10.1. The van der Waals surface area contributed by atoms with Crippen LogP contribution < -0.4 is 0 Å². The second kappa shape index (κ2) is 7.88. The lowest BCUT2D eigenvalue weighted by atomic mass is 10.1. The van der Waals surface area contributed by atoms with Crippen molar-refractivity contribution in [3.63, 3.8) is 0 Å². The molecule has 3 amide bonds. The second-order valence-electron chi connectivity index (χ2n) is 7.49. The Morgan fingerprint density at radius 3 is 2.55 bits per heavy atom. The lowest BCUT2D eigenvalue weighted by molar-refractivity contribution is -0.553. The number of amidine groups is 1. The molecule has 2 aromatic rings. The first-order chi connectivity index (χ1) is 14.8. The van der Waals surface area contributed by atoms with E-state index in [4.69, 9.17) is 11.6 Å². The average Bonchev–Trinajstić information content (AvgIpc) is 3.34. The molecule has 1 aromatic carbocycles. The Morgan fingerprint density at radius 2 is 1.90 bits per heavy atom. The molecule has 8 nitrogen and oxygen atoms in total. The van der Waals surface area contributed by atoms with Crippen molar-refractivity contribution in [1.82, 2.24) is 19.6 Å². The zero-order chi connectivity index (χ0) is 22.4. The number of aryl methyl sites for hydroxylation is 2. The third-order valence-corrected chi connectivity index (χ3v) is 6.00. The van der Waals surface area contributed by atoms with Crippen LogP contribution in [0.25, 0.3) is 0 Å². The molecule has 0 N–H and O–H groups in total. The first kappa shape index (κ1) is 21.2. The van der Waals surface area contributed by atoms with E-state index in [-0.39, 0.29) is 23.0 Å². The van der Waals surface area contributed by atoms with Gasteiger partial charge in [-0.25, -0.2) is 13.8 Å². The molecule has 1 fully saturated rings. The number of imide groups is 1. The zero-order valence-electron chi connectivity index (χ0n) is 17.8. The number of carbonyl (C=O) groups excluding carboxylic acids is 2. The molecule has 1 atom stereocenters. The van der Waals surface area contributed by atoms with Crippen molar-refractivity contribution in [2.45, 2.75) is 39.3 Å². The fourth-order valence-electron chi connectivity index (χ4n) is 3.84. The van der Waals surface area contributed by atoms with E-state index in [9.17, 15) is 14.0 Å². The molecule has 0 spiro atoms. The number of likely N-dealkylation sites (N-methyl/N-ethyl adjacent to an activating group) is 2. The minimum atomic E-state index is -0.891. The largest absolute Gasteiger partial charge is 0.421 e. The number of hydrogen-bond donors (Lipinski definition) is 0. The van der Waals surface area contributed by atoms with Gasteiger partial charge in [-0.1, -0.05) is 36.5 Å². The number of aromatic nitrogens is 2. The van der Waals surface area contributed by atoms with Gasteiger partial charge in [0.05, 0.1) is 12.2 Å². The lowest BCUT2D eigenvalue weighted by Crippen LogP contribution is -2.61. The van der Waals surface area contributed by atoms with Crippen molar-refractivity contribution in [2.24, 2.45) is 4.99 Å². The summed E-state index contributed by atoms with van der Waals surface area (Å²) in [6, 6.07) is 5.06. The molecular formula is C21H23ClFN6O2+. The summed E-state index contributed by atoms with van der Waals surface area (Å²) in [5.74, 6) is -0.276. The Balaban J connectivity index is 1.93. The zero-order valence-corrected chi connectivity index (χ0v) is 18.5. The monoisotopic (exact) mass is 445 g/mol. The average molecular weight is 446 g/mol. The van der Waals surface area contributed by atoms with E-state index in [2.05, 4.69) is 10.1 Å². The summed E-state index contributed by atoms with van der Waals surface area (Å²) in [5.41, 5.74) is 2.01. The lowest BCUT2D eigenvalue weighted by Gasteiger charge is -2.31. The van der Waals surface area contributed by atoms with E-state index < -0.39 is 23.8 Å². The van der Waals surface area contributed by atoms with Crippen molar-refractivity contribution in [3.8, 4) is 0 Å². The number of urea groups is 1. The van der Waals surface area contributed by atoms with Crippen LogP contribution in [0.3, 0.4) is 0 Å². The van der Waals surface area contributed by atoms with Crippen LogP contribution in [0.4, 0.5) is 9.18 Å². The van der Waals surface area contributed by atoms with E-state index in [1.54, 1.807) is 22.4 Å². The highest BCUT2D eigenvalue weighted by molar-refractivity contribution is 6.31. The van der Waals surface area contributed by atoms with Gasteiger partial charge < -0.3 is 0 Å². The maximum Gasteiger partial charge on any atom is 0.421 e. The van der Waals surface area contributed by atoms with Crippen LogP contribution >= 0.6 is 11.6 Å². The third kappa shape index (κ3) is 3.33. The Morgan fingerprint density at radius 1 is 1.16 bits per heavy atom. The van der Waals surface area contributed by atoms with E-state index in [1.165, 1.54) is 24.1 Å². The summed E-state index contributed by atoms with van der Waals surface area (Å²) >= 11 is 6.28. The summed E-state index contributed by atoms with van der Waals surface area (Å²) in [4.78, 5) is 32.6. The van der Waals surface area contributed by atoms with E-state index in [0.717, 1.165) is 22.7 Å². The number of amides is 3. The van der Waals surface area contributed by atoms with Crippen LogP contribution in [0.5, 0.6) is 0 Å². The third-order valence-electron chi connectivity index (χ3n) is 5.65. The van der Waals surface area contributed by atoms with Crippen molar-refractivity contribution in [1.29, 1.82) is 0 Å². The number of aliphatic imine (C=N–C) groups is 1. The molecule has 31 heavy (non-hydrogen) atoms. The minimum Gasteiger partial charge on any atom is -0.270 e. The summed E-state index contributed by atoms with van der Waals surface area (Å²) in [6.45, 7) is 3.98. The highest BCUT2D eigenvalue weighted by Crippen LogP contribution is 2.26. The number of hydrogen-bond acceptors (Lipinski definition) is 4. The molecule has 1 aromatic heterocycles. The molecule has 2 aliphatic rings. The first-order valence-corrected chi connectivity index (χ1v) is 10.4. The van der Waals surface area contributed by atoms with Gasteiger partial charge in [0.2, 0.25) is 11.9 Å². The van der Waals surface area contributed by atoms with Crippen LogP contribution in [0.15, 0.2) is 29.3 Å². The Kier molecular flexibility index (Phi) is 5.38. The van der Waals surface area contributed by atoms with Gasteiger partial charge in [-0.3, -0.25) is 14.6 Å². The number of carbonyl (C=O) groups is 2. The molecule has 0 saturated carbocycles. The predicted molar refractivity (Wildman–Crippen MR) is 114 cm³/mol. The van der Waals surface area contributed by atoms with Crippen molar-refractivity contribution < 1.29 is 18.6 Å². The SMILES string of the molecule is CCc1cc(CC)n(C2=[N+](Cc3c(F)cccc3Cl)C3C(=O)N(C)C(=O)N(C)C3=N2)n1. The standard InChI is InChI=1S/C21H23ClFN6O2/c1-5-12-10-13(6-2)29(25-12)20-24-18-17(19(30)27(4)21(31)26(18)3)28(20)11-14-15(22)8-7-9-16(14)23/h7-10,17H,5-6,11H2,1-4H3/q+1. The van der Waals surface area contributed by atoms with Gasteiger partial charge >= 0.3 is 12.0 Å². The molecule has 3 heterocycles. The number of rotatable bonds is 4. The van der Waals surface area contributed by atoms with E-state index in [0.29, 0.717) is 12.4 Å². The smallest absolute Gasteiger partial charge is 0.270 e. The highest BCUT2D eigenvalue weighted by atomic mass is 35.5. The number of fused-ring (bicyclic) bond motifs is 1. The van der Waals surface area contributed by atoms with Crippen molar-refractivity contribution in [3.05, 3.63) is 52.1 Å². The van der Waals surface area contributed by atoms with Gasteiger partial charge in [-0.2, -0.15) is 0 Å². The quantitative estimate of drug-likeness (QED) is 0.679. The predicted octanol–water partition coefficient (Wildman–Crippen LogP) is 2.52. The molecule has 10 heteroatoms. The van der Waals surface area contributed by atoms with Crippen molar-refractivity contribution >= 4 is 35.3 Å². The number of nitrogens with zero attached hydrogens (tertiary/aromatic N) is 6. The number of benzene rings is 1. The van der Waals surface area contributed by atoms with E-state index >= 15 is 0 Å². The Bertz CT molecular complexity index is 1130. The van der Waals surface area contributed by atoms with Gasteiger partial charge in [0.1, 0.15) is 11.5 Å². The second-order valence-corrected chi connectivity index (χ2v) is 7.89. The van der Waals surface area contributed by atoms with Crippen LogP contribution in [-0.2, 0) is 24.2 Å². The van der Waals surface area contributed by atoms with Crippen LogP contribution in [0, 0.1) is 5.82 Å². The maximum atomic E-state index is 14.6. The molecule has 0 aliphatic carbocycles. The molecule has 162 valence electrons. The molecule has 1 saturated heterocycles. The summed E-state index contributed by atoms with van der Waals surface area (Å²) in [7, 11) is 2.99. The van der Waals surface area contributed by atoms with Gasteiger partial charge in [-0.05, 0) is 24.6 Å². The Hall–Kier alpha value is -3.07. The minimum absolute atomic E-state index is 0.00934. The van der Waals surface area contributed by atoms with Gasteiger partial charge in [0, 0.05) is 31.1 Å². The molecule has 1 unspecified atom stereocenters. The summed E-state index contributed by atoms with van der Waals surface area (Å²) < 4.78 is 18.0. The normalized spacial score (nSPS) is 18.8. The van der Waals surface area contributed by atoms with Gasteiger partial charge in [0.15, 0.2) is 0 Å². The van der Waals surface area contributed by atoms with Gasteiger partial charge in [-0.15, -0.1) is 9.78 Å². The topological polar surface area (TPSA) is 73.8 Å². The van der Waals surface area contributed by atoms with Crippen molar-refractivity contribution in [2.75, 3.05) is 14.1 Å². The molecule has 0 bridgehead atoms. The Labute approximate surface area is 184 Å². The molecule has 0 radical (unpaired) electrons. The van der Waals surface area contributed by atoms with Crippen LogP contribution in [0.1, 0.15) is 30.8 Å². The van der Waals surface area contributed by atoms with Crippen LogP contribution in [-0.4, -0.2) is 68.0 Å². The number of halogens is 2. The maximum absolute atomic E-state index is 14.6. The fourth-order valence-corrected chi connectivity index (χ4v) is 4.07.